The Morgan fingerprint density at radius 3 is 1.85 bits per heavy atom. The summed E-state index contributed by atoms with van der Waals surface area (Å²) in [6, 6.07) is 49.7. The molecular weight excluding hydrogens is 651 g/mol. The molecule has 1 heteroatoms. The van der Waals surface area contributed by atoms with Gasteiger partial charge in [-0.05, 0) is 172 Å². The summed E-state index contributed by atoms with van der Waals surface area (Å²) in [5.74, 6) is 3.53. The lowest BCUT2D eigenvalue weighted by Crippen LogP contribution is -2.48. The lowest BCUT2D eigenvalue weighted by atomic mass is 9.48. The van der Waals surface area contributed by atoms with Crippen molar-refractivity contribution >= 4 is 27.8 Å². The van der Waals surface area contributed by atoms with Gasteiger partial charge < -0.3 is 4.90 Å². The molecular formula is C53H53N. The second-order valence-electron chi connectivity index (χ2n) is 18.6. The van der Waals surface area contributed by atoms with Crippen LogP contribution in [0.3, 0.4) is 0 Å². The van der Waals surface area contributed by atoms with Crippen LogP contribution in [0.4, 0.5) is 17.1 Å². The zero-order chi connectivity index (χ0) is 36.0. The quantitative estimate of drug-likeness (QED) is 0.167. The van der Waals surface area contributed by atoms with Gasteiger partial charge in [-0.3, -0.25) is 0 Å². The Kier molecular flexibility index (Phi) is 7.56. The fourth-order valence-corrected chi connectivity index (χ4v) is 12.8. The first-order valence-electron chi connectivity index (χ1n) is 21.2. The third kappa shape index (κ3) is 5.17. The predicted molar refractivity (Wildman–Crippen MR) is 227 cm³/mol. The van der Waals surface area contributed by atoms with Crippen LogP contribution in [-0.2, 0) is 10.8 Å². The summed E-state index contributed by atoms with van der Waals surface area (Å²) >= 11 is 0. The van der Waals surface area contributed by atoms with Crippen LogP contribution in [0.25, 0.3) is 33.0 Å². The highest BCUT2D eigenvalue weighted by atomic mass is 15.1. The smallest absolute Gasteiger partial charge is 0.0471 e. The Labute approximate surface area is 322 Å². The number of benzene rings is 6. The van der Waals surface area contributed by atoms with Gasteiger partial charge in [0.2, 0.25) is 0 Å². The summed E-state index contributed by atoms with van der Waals surface area (Å²) in [6.45, 7) is 4.86. The van der Waals surface area contributed by atoms with Gasteiger partial charge in [-0.15, -0.1) is 0 Å². The largest absolute Gasteiger partial charge is 0.310 e. The van der Waals surface area contributed by atoms with Crippen LogP contribution in [0.15, 0.2) is 127 Å². The molecule has 1 nitrogen and oxygen atoms in total. The first-order valence-corrected chi connectivity index (χ1v) is 21.2. The minimum atomic E-state index is -0.125. The van der Waals surface area contributed by atoms with Gasteiger partial charge in [0.1, 0.15) is 0 Å². The number of anilines is 3. The molecule has 54 heavy (non-hydrogen) atoms. The molecule has 0 radical (unpaired) electrons. The van der Waals surface area contributed by atoms with Crippen LogP contribution in [-0.4, -0.2) is 0 Å². The number of nitrogens with zero attached hydrogens (tertiary/aromatic N) is 1. The van der Waals surface area contributed by atoms with Gasteiger partial charge in [-0.1, -0.05) is 124 Å². The van der Waals surface area contributed by atoms with E-state index in [4.69, 9.17) is 0 Å². The maximum atomic E-state index is 2.57. The van der Waals surface area contributed by atoms with Crippen molar-refractivity contribution in [2.24, 2.45) is 17.8 Å². The van der Waals surface area contributed by atoms with E-state index in [1.807, 2.05) is 0 Å². The Morgan fingerprint density at radius 1 is 0.519 bits per heavy atom. The molecule has 6 aliphatic rings. The second-order valence-corrected chi connectivity index (χ2v) is 18.6. The molecule has 0 saturated heterocycles. The van der Waals surface area contributed by atoms with Crippen molar-refractivity contribution in [3.8, 4) is 22.3 Å². The van der Waals surface area contributed by atoms with E-state index in [9.17, 15) is 0 Å². The molecule has 5 saturated carbocycles. The Morgan fingerprint density at radius 2 is 1.13 bits per heavy atom. The minimum absolute atomic E-state index is 0.125. The molecule has 6 aromatic carbocycles. The van der Waals surface area contributed by atoms with Gasteiger partial charge in [0, 0.05) is 22.5 Å². The average Bonchev–Trinajstić information content (AvgIpc) is 3.44. The molecule has 4 bridgehead atoms. The van der Waals surface area contributed by atoms with Crippen molar-refractivity contribution in [3.05, 3.63) is 150 Å². The maximum absolute atomic E-state index is 2.57. The highest BCUT2D eigenvalue weighted by molar-refractivity contribution is 6.04. The van der Waals surface area contributed by atoms with E-state index in [0.29, 0.717) is 11.3 Å². The molecule has 5 fully saturated rings. The van der Waals surface area contributed by atoms with Crippen molar-refractivity contribution in [2.45, 2.75) is 101 Å². The molecule has 0 aliphatic heterocycles. The van der Waals surface area contributed by atoms with Crippen LogP contribution >= 0.6 is 0 Å². The van der Waals surface area contributed by atoms with Gasteiger partial charge >= 0.3 is 0 Å². The zero-order valence-corrected chi connectivity index (χ0v) is 32.2. The Hall–Kier alpha value is -4.62. The molecule has 0 N–H and O–H groups in total. The van der Waals surface area contributed by atoms with E-state index in [2.05, 4.69) is 146 Å². The number of hydrogen-bond donors (Lipinski definition) is 0. The lowest BCUT2D eigenvalue weighted by molar-refractivity contribution is -0.00518. The topological polar surface area (TPSA) is 3.24 Å². The van der Waals surface area contributed by atoms with Crippen LogP contribution in [0.2, 0.25) is 0 Å². The highest BCUT2D eigenvalue weighted by Crippen LogP contribution is 2.61. The summed E-state index contributed by atoms with van der Waals surface area (Å²) in [4.78, 5) is 2.57. The summed E-state index contributed by atoms with van der Waals surface area (Å²) < 4.78 is 0. The molecule has 0 heterocycles. The third-order valence-electron chi connectivity index (χ3n) is 15.0. The molecule has 270 valence electrons. The second kappa shape index (κ2) is 12.5. The summed E-state index contributed by atoms with van der Waals surface area (Å²) in [7, 11) is 0. The first kappa shape index (κ1) is 32.8. The summed E-state index contributed by atoms with van der Waals surface area (Å²) in [6.07, 6.45) is 15.4. The molecule has 0 amide bonds. The van der Waals surface area contributed by atoms with E-state index >= 15 is 0 Å². The number of hydrogen-bond acceptors (Lipinski definition) is 1. The fourth-order valence-electron chi connectivity index (χ4n) is 12.8. The van der Waals surface area contributed by atoms with Gasteiger partial charge in [-0.2, -0.15) is 0 Å². The minimum Gasteiger partial charge on any atom is -0.310 e. The van der Waals surface area contributed by atoms with Gasteiger partial charge in [0.15, 0.2) is 0 Å². The average molecular weight is 704 g/mol. The number of fused-ring (bicyclic) bond motifs is 4. The highest BCUT2D eigenvalue weighted by Gasteiger charge is 2.51. The van der Waals surface area contributed by atoms with E-state index < -0.39 is 0 Å². The van der Waals surface area contributed by atoms with Crippen LogP contribution < -0.4 is 4.90 Å². The monoisotopic (exact) mass is 703 g/mol. The molecule has 0 spiro atoms. The SMILES string of the molecule is CC1(C)c2ccccc2-c2c(-c3cccc4ccccc34)cc(N(c3ccc(C4CCCCC4)cc3)c3ccc(C45CC6CC(CC(C6)C4)C5)cc3)cc21. The van der Waals surface area contributed by atoms with Crippen molar-refractivity contribution in [2.75, 3.05) is 4.90 Å². The zero-order valence-electron chi connectivity index (χ0n) is 32.2. The van der Waals surface area contributed by atoms with Crippen molar-refractivity contribution in [1.29, 1.82) is 0 Å². The Balaban J connectivity index is 1.10. The van der Waals surface area contributed by atoms with Crippen LogP contribution in [0, 0.1) is 17.8 Å². The van der Waals surface area contributed by atoms with E-state index in [1.165, 1.54) is 137 Å². The van der Waals surface area contributed by atoms with Crippen molar-refractivity contribution in [1.82, 2.24) is 0 Å². The maximum Gasteiger partial charge on any atom is 0.0471 e. The summed E-state index contributed by atoms with van der Waals surface area (Å²) in [5, 5.41) is 2.60. The first-order chi connectivity index (χ1) is 26.4. The fraction of sp³-hybridized carbons (Fsp3) is 0.358. The van der Waals surface area contributed by atoms with E-state index in [0.717, 1.165) is 17.8 Å². The van der Waals surface area contributed by atoms with Crippen LogP contribution in [0.1, 0.15) is 113 Å². The molecule has 6 aromatic rings. The molecule has 0 unspecified atom stereocenters. The molecule has 0 aromatic heterocycles. The summed E-state index contributed by atoms with van der Waals surface area (Å²) in [5.41, 5.74) is 15.3. The Bertz CT molecular complexity index is 2330. The van der Waals surface area contributed by atoms with Crippen LogP contribution in [0.5, 0.6) is 0 Å². The van der Waals surface area contributed by atoms with Crippen molar-refractivity contribution in [3.63, 3.8) is 0 Å². The third-order valence-corrected chi connectivity index (χ3v) is 15.0. The predicted octanol–water partition coefficient (Wildman–Crippen LogP) is 14.8. The standard InChI is InChI=1S/C53H53N/c1-52(2)49-18-9-8-16-47(49)51-48(46-17-10-14-40-13-6-7-15-45(40)46)30-44(31-50(51)52)54(42-23-19-39(20-24-42)38-11-4-3-5-12-38)43-25-21-41(22-26-43)53-32-35-27-36(33-53)29-37(28-35)34-53/h6-10,13-26,30-31,35-38H,3-5,11-12,27-29,32-34H2,1-2H3. The molecule has 0 atom stereocenters. The molecule has 6 aliphatic carbocycles. The van der Waals surface area contributed by atoms with Crippen molar-refractivity contribution < 1.29 is 0 Å². The van der Waals surface area contributed by atoms with E-state index in [-0.39, 0.29) is 5.41 Å². The van der Waals surface area contributed by atoms with Gasteiger partial charge in [-0.25, -0.2) is 0 Å². The normalized spacial score (nSPS) is 25.1. The lowest BCUT2D eigenvalue weighted by Gasteiger charge is -2.57. The van der Waals surface area contributed by atoms with E-state index in [1.54, 1.807) is 5.56 Å². The number of rotatable bonds is 6. The van der Waals surface area contributed by atoms with Gasteiger partial charge in [0.25, 0.3) is 0 Å². The molecule has 12 rings (SSSR count). The van der Waals surface area contributed by atoms with Gasteiger partial charge in [0.05, 0.1) is 0 Å².